The van der Waals surface area contributed by atoms with Gasteiger partial charge < -0.3 is 4.57 Å². The third kappa shape index (κ3) is 4.53. The van der Waals surface area contributed by atoms with E-state index in [1.165, 1.54) is 29.5 Å². The van der Waals surface area contributed by atoms with Gasteiger partial charge in [0.1, 0.15) is 6.54 Å². The molecule has 0 fully saturated rings. The molecule has 0 atom stereocenters. The number of halogens is 3. The second-order valence-corrected chi connectivity index (χ2v) is 6.37. The molecule has 2 amide bonds. The minimum absolute atomic E-state index is 0.126. The van der Waals surface area contributed by atoms with Crippen LogP contribution in [-0.4, -0.2) is 21.4 Å². The Morgan fingerprint density at radius 1 is 1.15 bits per heavy atom. The minimum atomic E-state index is -4.72. The van der Waals surface area contributed by atoms with Crippen molar-refractivity contribution >= 4 is 40.3 Å². The first kappa shape index (κ1) is 18.6. The first-order chi connectivity index (χ1) is 12.8. The Bertz CT molecular complexity index is 993. The Kier molecular flexibility index (Phi) is 5.26. The van der Waals surface area contributed by atoms with Crippen molar-refractivity contribution in [3.8, 4) is 0 Å². The molecule has 2 aromatic heterocycles. The van der Waals surface area contributed by atoms with Gasteiger partial charge in [-0.05, 0) is 29.7 Å². The molecular weight excluding hydrogens is 381 g/mol. The van der Waals surface area contributed by atoms with Crippen LogP contribution in [0.2, 0.25) is 0 Å². The predicted octanol–water partition coefficient (Wildman–Crippen LogP) is 2.98. The summed E-state index contributed by atoms with van der Waals surface area (Å²) in [6.45, 7) is -0.649. The maximum atomic E-state index is 13.2. The summed E-state index contributed by atoms with van der Waals surface area (Å²) in [7, 11) is 0. The Morgan fingerprint density at radius 2 is 1.93 bits per heavy atom. The van der Waals surface area contributed by atoms with Gasteiger partial charge in [-0.15, -0.1) is 11.3 Å². The lowest BCUT2D eigenvalue weighted by atomic mass is 10.3. The first-order valence-corrected chi connectivity index (χ1v) is 8.55. The molecule has 0 radical (unpaired) electrons. The summed E-state index contributed by atoms with van der Waals surface area (Å²) >= 11 is 1.43. The highest BCUT2D eigenvalue weighted by Gasteiger charge is 2.37. The number of amides is 2. The van der Waals surface area contributed by atoms with Gasteiger partial charge in [-0.2, -0.15) is 13.2 Å². The fraction of sp³-hybridized carbons (Fsp3) is 0.118. The monoisotopic (exact) mass is 394 g/mol. The van der Waals surface area contributed by atoms with Crippen LogP contribution in [0.1, 0.15) is 10.7 Å². The summed E-state index contributed by atoms with van der Waals surface area (Å²) < 4.78 is 40.3. The molecule has 0 bridgehead atoms. The van der Waals surface area contributed by atoms with Gasteiger partial charge in [0, 0.05) is 11.0 Å². The molecule has 0 spiro atoms. The molecule has 27 heavy (non-hydrogen) atoms. The fourth-order valence-electron chi connectivity index (χ4n) is 2.35. The zero-order valence-corrected chi connectivity index (χ0v) is 14.5. The number of nitrogens with zero attached hydrogens (tertiary/aromatic N) is 2. The number of para-hydroxylation sites is 2. The summed E-state index contributed by atoms with van der Waals surface area (Å²) in [5.74, 6) is -2.60. The van der Waals surface area contributed by atoms with E-state index in [1.807, 2.05) is 11.4 Å². The maximum absolute atomic E-state index is 13.2. The van der Waals surface area contributed by atoms with Crippen molar-refractivity contribution in [2.24, 2.45) is 0 Å². The van der Waals surface area contributed by atoms with Crippen LogP contribution in [0, 0.1) is 0 Å². The van der Waals surface area contributed by atoms with Crippen molar-refractivity contribution in [2.45, 2.75) is 12.7 Å². The van der Waals surface area contributed by atoms with Crippen molar-refractivity contribution < 1.29 is 22.8 Å². The molecule has 140 valence electrons. The number of hydrazine groups is 1. The lowest BCUT2D eigenvalue weighted by molar-refractivity contribution is -0.147. The van der Waals surface area contributed by atoms with Crippen molar-refractivity contribution in [1.82, 2.24) is 20.4 Å². The van der Waals surface area contributed by atoms with Crippen LogP contribution in [-0.2, 0) is 22.3 Å². The summed E-state index contributed by atoms with van der Waals surface area (Å²) in [6, 6.07) is 9.59. The van der Waals surface area contributed by atoms with Crippen molar-refractivity contribution in [2.75, 3.05) is 0 Å². The molecule has 0 saturated carbocycles. The van der Waals surface area contributed by atoms with Gasteiger partial charge in [0.05, 0.1) is 11.0 Å². The number of alkyl halides is 3. The number of rotatable bonds is 4. The number of nitrogens with one attached hydrogen (secondary N) is 2. The van der Waals surface area contributed by atoms with Crippen LogP contribution < -0.4 is 10.9 Å². The van der Waals surface area contributed by atoms with E-state index in [4.69, 9.17) is 0 Å². The molecule has 0 saturated heterocycles. The van der Waals surface area contributed by atoms with Crippen molar-refractivity contribution in [3.63, 3.8) is 0 Å². The second-order valence-electron chi connectivity index (χ2n) is 5.39. The molecule has 0 aliphatic carbocycles. The normalized spacial score (nSPS) is 11.8. The van der Waals surface area contributed by atoms with Crippen LogP contribution >= 0.6 is 11.3 Å². The van der Waals surface area contributed by atoms with Gasteiger partial charge >= 0.3 is 6.18 Å². The van der Waals surface area contributed by atoms with E-state index in [2.05, 4.69) is 15.8 Å². The molecule has 3 rings (SSSR count). The zero-order valence-electron chi connectivity index (χ0n) is 13.7. The van der Waals surface area contributed by atoms with Gasteiger partial charge in [0.25, 0.3) is 11.8 Å². The van der Waals surface area contributed by atoms with E-state index in [9.17, 15) is 22.8 Å². The Balaban J connectivity index is 1.68. The predicted molar refractivity (Wildman–Crippen MR) is 94.4 cm³/mol. The van der Waals surface area contributed by atoms with Gasteiger partial charge in [-0.3, -0.25) is 20.4 Å². The number of fused-ring (bicyclic) bond motifs is 1. The number of hydrogen-bond donors (Lipinski definition) is 2. The molecule has 10 heteroatoms. The lowest BCUT2D eigenvalue weighted by Crippen LogP contribution is -2.42. The molecular formula is C17H13F3N4O2S. The number of benzene rings is 1. The topological polar surface area (TPSA) is 76.0 Å². The molecule has 2 heterocycles. The largest absolute Gasteiger partial charge is 0.449 e. The van der Waals surface area contributed by atoms with E-state index in [1.54, 1.807) is 24.3 Å². The third-order valence-corrected chi connectivity index (χ3v) is 4.31. The summed E-state index contributed by atoms with van der Waals surface area (Å²) in [5, 5.41) is 1.84. The number of carbonyl (C=O) groups excluding carboxylic acids is 2. The van der Waals surface area contributed by atoms with Gasteiger partial charge in [-0.25, -0.2) is 4.98 Å². The smallest absolute Gasteiger partial charge is 0.311 e. The van der Waals surface area contributed by atoms with E-state index in [-0.39, 0.29) is 11.0 Å². The summed E-state index contributed by atoms with van der Waals surface area (Å²) in [6.07, 6.45) is -1.96. The van der Waals surface area contributed by atoms with E-state index >= 15 is 0 Å². The molecule has 3 aromatic rings. The lowest BCUT2D eigenvalue weighted by Gasteiger charge is -2.11. The third-order valence-electron chi connectivity index (χ3n) is 3.48. The van der Waals surface area contributed by atoms with E-state index in [0.29, 0.717) is 0 Å². The number of thiophene rings is 1. The molecule has 0 aliphatic rings. The van der Waals surface area contributed by atoms with Gasteiger partial charge in [0.15, 0.2) is 0 Å². The van der Waals surface area contributed by atoms with Gasteiger partial charge in [0.2, 0.25) is 5.82 Å². The summed E-state index contributed by atoms with van der Waals surface area (Å²) in [5.41, 5.74) is 4.52. The standard InChI is InChI=1S/C17H13F3N4O2S/c18-17(19,20)16-21-12-5-1-2-6-13(12)24(16)10-15(26)23-22-14(25)8-7-11-4-3-9-27-11/h1-9H,10H2,(H,22,25)(H,23,26)/b8-7+. The van der Waals surface area contributed by atoms with Crippen LogP contribution in [0.3, 0.4) is 0 Å². The molecule has 6 nitrogen and oxygen atoms in total. The van der Waals surface area contributed by atoms with E-state index in [0.717, 1.165) is 9.44 Å². The number of aromatic nitrogens is 2. The van der Waals surface area contributed by atoms with Crippen molar-refractivity contribution in [3.05, 3.63) is 58.6 Å². The first-order valence-electron chi connectivity index (χ1n) is 7.67. The number of carbonyl (C=O) groups is 2. The number of imidazole rings is 1. The average Bonchev–Trinajstić information content (AvgIpc) is 3.26. The van der Waals surface area contributed by atoms with Crippen LogP contribution in [0.15, 0.2) is 47.9 Å². The van der Waals surface area contributed by atoms with Crippen LogP contribution in [0.5, 0.6) is 0 Å². The number of hydrogen-bond acceptors (Lipinski definition) is 4. The Labute approximate surface area is 155 Å². The average molecular weight is 394 g/mol. The molecule has 2 N–H and O–H groups in total. The highest BCUT2D eigenvalue weighted by atomic mass is 32.1. The zero-order chi connectivity index (χ0) is 19.4. The molecule has 0 aliphatic heterocycles. The minimum Gasteiger partial charge on any atom is -0.311 e. The SMILES string of the molecule is O=C(/C=C/c1cccs1)NNC(=O)Cn1c(C(F)(F)F)nc2ccccc21. The fourth-order valence-corrected chi connectivity index (χ4v) is 2.97. The Morgan fingerprint density at radius 3 is 2.63 bits per heavy atom. The highest BCUT2D eigenvalue weighted by molar-refractivity contribution is 7.10. The maximum Gasteiger partial charge on any atom is 0.449 e. The van der Waals surface area contributed by atoms with Crippen molar-refractivity contribution in [1.29, 1.82) is 0 Å². The second kappa shape index (κ2) is 7.62. The molecule has 0 unspecified atom stereocenters. The van der Waals surface area contributed by atoms with Crippen LogP contribution in [0.25, 0.3) is 17.1 Å². The van der Waals surface area contributed by atoms with Gasteiger partial charge in [-0.1, -0.05) is 18.2 Å². The molecule has 1 aromatic carbocycles. The Hall–Kier alpha value is -3.14. The van der Waals surface area contributed by atoms with E-state index < -0.39 is 30.4 Å². The van der Waals surface area contributed by atoms with Crippen LogP contribution in [0.4, 0.5) is 13.2 Å². The highest BCUT2D eigenvalue weighted by Crippen LogP contribution is 2.31. The quantitative estimate of drug-likeness (QED) is 0.528. The summed E-state index contributed by atoms with van der Waals surface area (Å²) in [4.78, 5) is 28.1.